The Bertz CT molecular complexity index is 896. The zero-order valence-electron chi connectivity index (χ0n) is 18.3. The highest BCUT2D eigenvalue weighted by atomic mass is 16.8. The van der Waals surface area contributed by atoms with Crippen molar-refractivity contribution in [2.24, 2.45) is 5.92 Å². The number of benzene rings is 1. The predicted molar refractivity (Wildman–Crippen MR) is 121 cm³/mol. The van der Waals surface area contributed by atoms with Crippen molar-refractivity contribution < 1.29 is 19.2 Å². The number of hydrogen-bond acceptors (Lipinski definition) is 7. The lowest BCUT2D eigenvalue weighted by Crippen LogP contribution is -2.39. The van der Waals surface area contributed by atoms with Crippen LogP contribution in [0, 0.1) is 5.92 Å². The van der Waals surface area contributed by atoms with Gasteiger partial charge in [-0.3, -0.25) is 14.6 Å². The SMILES string of the molecule is CC(C)[C@@H](Nc1cnc(/C=C/C(=O)NOC2CCCCO2)cn1)C(=O)Nc1ccccc1. The molecule has 9 nitrogen and oxygen atoms in total. The largest absolute Gasteiger partial charge is 0.357 e. The minimum atomic E-state index is -0.490. The third-order valence-corrected chi connectivity index (χ3v) is 4.80. The monoisotopic (exact) mass is 439 g/mol. The quantitative estimate of drug-likeness (QED) is 0.406. The molecule has 0 bridgehead atoms. The fraction of sp³-hybridized carbons (Fsp3) is 0.391. The first-order chi connectivity index (χ1) is 15.5. The minimum absolute atomic E-state index is 0.0249. The fourth-order valence-corrected chi connectivity index (χ4v) is 3.06. The Hall–Kier alpha value is -3.30. The molecule has 0 spiro atoms. The number of hydroxylamine groups is 1. The van der Waals surface area contributed by atoms with Crippen molar-refractivity contribution >= 4 is 29.4 Å². The number of nitrogens with one attached hydrogen (secondary N) is 3. The lowest BCUT2D eigenvalue weighted by molar-refractivity contribution is -0.198. The first-order valence-electron chi connectivity index (χ1n) is 10.7. The fourth-order valence-electron chi connectivity index (χ4n) is 3.06. The highest BCUT2D eigenvalue weighted by molar-refractivity contribution is 5.96. The summed E-state index contributed by atoms with van der Waals surface area (Å²) in [6.07, 6.45) is 8.25. The summed E-state index contributed by atoms with van der Waals surface area (Å²) in [5, 5.41) is 6.02. The third kappa shape index (κ3) is 7.44. The molecule has 3 rings (SSSR count). The van der Waals surface area contributed by atoms with Crippen LogP contribution in [-0.4, -0.2) is 40.7 Å². The van der Waals surface area contributed by atoms with Crippen LogP contribution in [0.2, 0.25) is 0 Å². The standard InChI is InChI=1S/C23H29N5O4/c1-16(2)22(23(30)26-17-8-4-3-5-9-17)27-19-15-24-18(14-25-19)11-12-20(29)28-32-21-10-6-7-13-31-21/h3-5,8-9,11-12,14-16,21-22H,6-7,10,13H2,1-2H3,(H,25,27)(H,26,30)(H,28,29)/b12-11+/t21?,22-/m1/s1. The Labute approximate surface area is 187 Å². The predicted octanol–water partition coefficient (Wildman–Crippen LogP) is 3.14. The molecule has 1 saturated heterocycles. The van der Waals surface area contributed by atoms with Crippen LogP contribution in [0.25, 0.3) is 6.08 Å². The minimum Gasteiger partial charge on any atom is -0.357 e. The zero-order chi connectivity index (χ0) is 22.8. The third-order valence-electron chi connectivity index (χ3n) is 4.80. The topological polar surface area (TPSA) is 114 Å². The van der Waals surface area contributed by atoms with Gasteiger partial charge in [0.2, 0.25) is 5.91 Å². The summed E-state index contributed by atoms with van der Waals surface area (Å²) in [6.45, 7) is 4.54. The van der Waals surface area contributed by atoms with Gasteiger partial charge in [0.05, 0.1) is 18.1 Å². The second-order valence-electron chi connectivity index (χ2n) is 7.76. The van der Waals surface area contributed by atoms with Gasteiger partial charge in [-0.25, -0.2) is 15.3 Å². The van der Waals surface area contributed by atoms with Crippen LogP contribution in [0.1, 0.15) is 38.8 Å². The van der Waals surface area contributed by atoms with Gasteiger partial charge in [0.25, 0.3) is 5.91 Å². The first-order valence-corrected chi connectivity index (χ1v) is 10.7. The van der Waals surface area contributed by atoms with Crippen LogP contribution in [0.15, 0.2) is 48.8 Å². The maximum absolute atomic E-state index is 12.7. The molecule has 0 aliphatic carbocycles. The van der Waals surface area contributed by atoms with E-state index in [1.165, 1.54) is 24.5 Å². The van der Waals surface area contributed by atoms with E-state index in [1.54, 1.807) is 0 Å². The zero-order valence-corrected chi connectivity index (χ0v) is 18.3. The molecule has 1 aliphatic heterocycles. The molecule has 9 heteroatoms. The Balaban J connectivity index is 1.51. The van der Waals surface area contributed by atoms with Gasteiger partial charge >= 0.3 is 0 Å². The highest BCUT2D eigenvalue weighted by Crippen LogP contribution is 2.14. The van der Waals surface area contributed by atoms with E-state index in [-0.39, 0.29) is 11.8 Å². The normalized spacial score (nSPS) is 17.2. The van der Waals surface area contributed by atoms with Gasteiger partial charge in [0.15, 0.2) is 6.29 Å². The van der Waals surface area contributed by atoms with E-state index in [0.717, 1.165) is 24.9 Å². The molecule has 2 atom stereocenters. The first kappa shape index (κ1) is 23.4. The van der Waals surface area contributed by atoms with Gasteiger partial charge < -0.3 is 15.4 Å². The number of hydrogen-bond donors (Lipinski definition) is 3. The molecule has 1 aliphatic rings. The van der Waals surface area contributed by atoms with Crippen molar-refractivity contribution in [1.29, 1.82) is 0 Å². The molecule has 170 valence electrons. The molecule has 1 aromatic carbocycles. The van der Waals surface area contributed by atoms with E-state index >= 15 is 0 Å². The van der Waals surface area contributed by atoms with Crippen molar-refractivity contribution in [3.8, 4) is 0 Å². The number of para-hydroxylation sites is 1. The van der Waals surface area contributed by atoms with Gasteiger partial charge in [-0.15, -0.1) is 0 Å². The van der Waals surface area contributed by atoms with Gasteiger partial charge in [-0.1, -0.05) is 32.0 Å². The smallest absolute Gasteiger partial charge is 0.267 e. The van der Waals surface area contributed by atoms with E-state index in [1.807, 2.05) is 44.2 Å². The maximum atomic E-state index is 12.7. The molecule has 2 heterocycles. The molecule has 32 heavy (non-hydrogen) atoms. The second kappa shape index (κ2) is 11.9. The van der Waals surface area contributed by atoms with E-state index in [0.29, 0.717) is 18.1 Å². The van der Waals surface area contributed by atoms with Crippen LogP contribution < -0.4 is 16.1 Å². The number of carbonyl (C=O) groups is 2. The average Bonchev–Trinajstić information content (AvgIpc) is 2.81. The Kier molecular flexibility index (Phi) is 8.70. The summed E-state index contributed by atoms with van der Waals surface area (Å²) < 4.78 is 5.38. The number of anilines is 2. The summed E-state index contributed by atoms with van der Waals surface area (Å²) >= 11 is 0. The summed E-state index contributed by atoms with van der Waals surface area (Å²) in [5.41, 5.74) is 3.57. The molecular formula is C23H29N5O4. The average molecular weight is 440 g/mol. The van der Waals surface area contributed by atoms with Crippen LogP contribution in [0.5, 0.6) is 0 Å². The van der Waals surface area contributed by atoms with Crippen LogP contribution in [0.4, 0.5) is 11.5 Å². The molecule has 2 aromatic rings. The number of ether oxygens (including phenoxy) is 1. The highest BCUT2D eigenvalue weighted by Gasteiger charge is 2.22. The number of rotatable bonds is 9. The second-order valence-corrected chi connectivity index (χ2v) is 7.76. The number of aromatic nitrogens is 2. The van der Waals surface area contributed by atoms with Gasteiger partial charge in [0, 0.05) is 24.8 Å². The molecule has 1 unspecified atom stereocenters. The lowest BCUT2D eigenvalue weighted by atomic mass is 10.0. The Morgan fingerprint density at radius 1 is 1.16 bits per heavy atom. The summed E-state index contributed by atoms with van der Waals surface area (Å²) in [6, 6.07) is 8.79. The molecular weight excluding hydrogens is 410 g/mol. The summed E-state index contributed by atoms with van der Waals surface area (Å²) in [5.74, 6) is -0.0839. The van der Waals surface area contributed by atoms with Crippen LogP contribution in [0.3, 0.4) is 0 Å². The van der Waals surface area contributed by atoms with Crippen molar-refractivity contribution in [2.45, 2.75) is 45.4 Å². The van der Waals surface area contributed by atoms with Gasteiger partial charge in [-0.05, 0) is 37.0 Å². The van der Waals surface area contributed by atoms with Crippen molar-refractivity contribution in [3.63, 3.8) is 0 Å². The van der Waals surface area contributed by atoms with E-state index in [9.17, 15) is 9.59 Å². The maximum Gasteiger partial charge on any atom is 0.267 e. The van der Waals surface area contributed by atoms with Crippen molar-refractivity contribution in [2.75, 3.05) is 17.2 Å². The Morgan fingerprint density at radius 3 is 2.62 bits per heavy atom. The molecule has 0 radical (unpaired) electrons. The van der Waals surface area contributed by atoms with Gasteiger partial charge in [0.1, 0.15) is 11.9 Å². The van der Waals surface area contributed by atoms with E-state index in [2.05, 4.69) is 26.1 Å². The number of carbonyl (C=O) groups excluding carboxylic acids is 2. The molecule has 1 fully saturated rings. The summed E-state index contributed by atoms with van der Waals surface area (Å²) in [4.78, 5) is 38.4. The summed E-state index contributed by atoms with van der Waals surface area (Å²) in [7, 11) is 0. The van der Waals surface area contributed by atoms with E-state index in [4.69, 9.17) is 9.57 Å². The molecule has 2 amide bonds. The molecule has 3 N–H and O–H groups in total. The number of amides is 2. The lowest BCUT2D eigenvalue weighted by Gasteiger charge is -2.22. The van der Waals surface area contributed by atoms with E-state index < -0.39 is 18.2 Å². The van der Waals surface area contributed by atoms with Gasteiger partial charge in [-0.2, -0.15) is 0 Å². The molecule has 0 saturated carbocycles. The number of nitrogens with zero attached hydrogens (tertiary/aromatic N) is 2. The Morgan fingerprint density at radius 2 is 1.97 bits per heavy atom. The van der Waals surface area contributed by atoms with Crippen LogP contribution >= 0.6 is 0 Å². The van der Waals surface area contributed by atoms with Crippen molar-refractivity contribution in [1.82, 2.24) is 15.4 Å². The van der Waals surface area contributed by atoms with Crippen molar-refractivity contribution in [3.05, 3.63) is 54.5 Å². The molecule has 1 aromatic heterocycles. The van der Waals surface area contributed by atoms with Crippen LogP contribution in [-0.2, 0) is 19.2 Å².